The standard InChI is InChI=1S/C9H15NO2/c1-12-9(11)10-8-4-2-3-6-5-7(6)8/h6-8H,2-5H2,1H3,(H,10,11). The van der Waals surface area contributed by atoms with E-state index < -0.39 is 0 Å². The van der Waals surface area contributed by atoms with Gasteiger partial charge in [0, 0.05) is 6.04 Å². The molecule has 2 aliphatic rings. The molecule has 0 radical (unpaired) electrons. The highest BCUT2D eigenvalue weighted by Gasteiger charge is 2.45. The van der Waals surface area contributed by atoms with E-state index in [4.69, 9.17) is 0 Å². The van der Waals surface area contributed by atoms with Crippen LogP contribution in [0.1, 0.15) is 25.7 Å². The average Bonchev–Trinajstić information content (AvgIpc) is 2.84. The maximum atomic E-state index is 10.9. The third-order valence-corrected chi connectivity index (χ3v) is 3.07. The van der Waals surface area contributed by atoms with Gasteiger partial charge in [-0.1, -0.05) is 12.8 Å². The Morgan fingerprint density at radius 3 is 3.08 bits per heavy atom. The van der Waals surface area contributed by atoms with Crippen molar-refractivity contribution in [1.29, 1.82) is 0 Å². The van der Waals surface area contributed by atoms with Crippen molar-refractivity contribution in [3.05, 3.63) is 0 Å². The second-order valence-electron chi connectivity index (χ2n) is 3.83. The minimum Gasteiger partial charge on any atom is -0.453 e. The molecule has 3 nitrogen and oxygen atoms in total. The van der Waals surface area contributed by atoms with Crippen molar-refractivity contribution in [3.63, 3.8) is 0 Å². The molecule has 2 aliphatic carbocycles. The molecule has 0 bridgehead atoms. The molecular formula is C9H15NO2. The number of carbonyl (C=O) groups is 1. The lowest BCUT2D eigenvalue weighted by atomic mass is 9.96. The fourth-order valence-corrected chi connectivity index (χ4v) is 2.30. The van der Waals surface area contributed by atoms with Crippen LogP contribution < -0.4 is 5.32 Å². The number of amides is 1. The topological polar surface area (TPSA) is 38.3 Å². The zero-order valence-electron chi connectivity index (χ0n) is 7.38. The number of hydrogen-bond donors (Lipinski definition) is 1. The summed E-state index contributed by atoms with van der Waals surface area (Å²) in [5.74, 6) is 1.67. The first kappa shape index (κ1) is 7.90. The molecule has 0 aliphatic heterocycles. The Balaban J connectivity index is 1.83. The van der Waals surface area contributed by atoms with Crippen molar-refractivity contribution in [1.82, 2.24) is 5.32 Å². The summed E-state index contributed by atoms with van der Waals surface area (Å²) < 4.78 is 4.57. The van der Waals surface area contributed by atoms with Gasteiger partial charge in [-0.3, -0.25) is 0 Å². The quantitative estimate of drug-likeness (QED) is 0.646. The predicted octanol–water partition coefficient (Wildman–Crippen LogP) is 1.53. The molecule has 0 spiro atoms. The van der Waals surface area contributed by atoms with Crippen molar-refractivity contribution in [3.8, 4) is 0 Å². The number of rotatable bonds is 1. The van der Waals surface area contributed by atoms with E-state index in [0.29, 0.717) is 6.04 Å². The van der Waals surface area contributed by atoms with Crippen LogP contribution >= 0.6 is 0 Å². The Morgan fingerprint density at radius 2 is 2.33 bits per heavy atom. The van der Waals surface area contributed by atoms with Gasteiger partial charge in [-0.05, 0) is 24.7 Å². The normalized spacial score (nSPS) is 38.2. The monoisotopic (exact) mass is 169 g/mol. The molecule has 3 atom stereocenters. The SMILES string of the molecule is COC(=O)NC1CCCC2CC21. The minimum absolute atomic E-state index is 0.271. The zero-order chi connectivity index (χ0) is 8.55. The van der Waals surface area contributed by atoms with Gasteiger partial charge in [0.1, 0.15) is 0 Å². The second-order valence-corrected chi connectivity index (χ2v) is 3.83. The van der Waals surface area contributed by atoms with E-state index in [2.05, 4.69) is 10.1 Å². The lowest BCUT2D eigenvalue weighted by Crippen LogP contribution is -2.38. The van der Waals surface area contributed by atoms with Crippen LogP contribution in [0.2, 0.25) is 0 Å². The van der Waals surface area contributed by atoms with E-state index in [1.165, 1.54) is 26.4 Å². The van der Waals surface area contributed by atoms with Gasteiger partial charge >= 0.3 is 6.09 Å². The lowest BCUT2D eigenvalue weighted by molar-refractivity contribution is 0.162. The van der Waals surface area contributed by atoms with E-state index >= 15 is 0 Å². The highest BCUT2D eigenvalue weighted by Crippen LogP contribution is 2.49. The number of nitrogens with one attached hydrogen (secondary N) is 1. The van der Waals surface area contributed by atoms with E-state index in [1.54, 1.807) is 0 Å². The molecule has 0 aromatic rings. The third kappa shape index (κ3) is 1.40. The molecule has 68 valence electrons. The van der Waals surface area contributed by atoms with Crippen LogP contribution in [0.4, 0.5) is 4.79 Å². The largest absolute Gasteiger partial charge is 0.453 e. The summed E-state index contributed by atoms with van der Waals surface area (Å²) >= 11 is 0. The van der Waals surface area contributed by atoms with Crippen LogP contribution in [-0.2, 0) is 4.74 Å². The van der Waals surface area contributed by atoms with E-state index in [-0.39, 0.29) is 6.09 Å². The first-order chi connectivity index (χ1) is 5.81. The van der Waals surface area contributed by atoms with Gasteiger partial charge in [0.15, 0.2) is 0 Å². The molecule has 3 unspecified atom stereocenters. The maximum absolute atomic E-state index is 10.9. The van der Waals surface area contributed by atoms with E-state index in [9.17, 15) is 4.79 Å². The number of fused-ring (bicyclic) bond motifs is 1. The van der Waals surface area contributed by atoms with Crippen LogP contribution in [0.3, 0.4) is 0 Å². The lowest BCUT2D eigenvalue weighted by Gasteiger charge is -2.21. The Hall–Kier alpha value is -0.730. The van der Waals surface area contributed by atoms with Gasteiger partial charge < -0.3 is 10.1 Å². The number of carbonyl (C=O) groups excluding carboxylic acids is 1. The molecule has 2 saturated carbocycles. The summed E-state index contributed by atoms with van der Waals surface area (Å²) in [7, 11) is 1.42. The Labute approximate surface area is 72.5 Å². The third-order valence-electron chi connectivity index (χ3n) is 3.07. The maximum Gasteiger partial charge on any atom is 0.407 e. The van der Waals surface area contributed by atoms with E-state index in [0.717, 1.165) is 18.3 Å². The predicted molar refractivity (Wildman–Crippen MR) is 44.8 cm³/mol. The summed E-state index contributed by atoms with van der Waals surface area (Å²) in [5.41, 5.74) is 0. The number of ether oxygens (including phenoxy) is 1. The smallest absolute Gasteiger partial charge is 0.407 e. The summed E-state index contributed by atoms with van der Waals surface area (Å²) in [4.78, 5) is 10.9. The first-order valence-corrected chi connectivity index (χ1v) is 4.65. The molecule has 0 heterocycles. The van der Waals surface area contributed by atoms with Crippen molar-refractivity contribution < 1.29 is 9.53 Å². The van der Waals surface area contributed by atoms with Gasteiger partial charge in [0.2, 0.25) is 0 Å². The highest BCUT2D eigenvalue weighted by molar-refractivity contribution is 5.67. The first-order valence-electron chi connectivity index (χ1n) is 4.65. The minimum atomic E-state index is -0.271. The highest BCUT2D eigenvalue weighted by atomic mass is 16.5. The number of methoxy groups -OCH3 is 1. The fraction of sp³-hybridized carbons (Fsp3) is 0.889. The zero-order valence-corrected chi connectivity index (χ0v) is 7.38. The molecule has 0 saturated heterocycles. The summed E-state index contributed by atoms with van der Waals surface area (Å²) in [6, 6.07) is 0.399. The van der Waals surface area contributed by atoms with Gasteiger partial charge in [0.25, 0.3) is 0 Å². The van der Waals surface area contributed by atoms with Gasteiger partial charge in [-0.2, -0.15) is 0 Å². The summed E-state index contributed by atoms with van der Waals surface area (Å²) in [5, 5.41) is 2.90. The van der Waals surface area contributed by atoms with Crippen LogP contribution in [-0.4, -0.2) is 19.2 Å². The molecule has 0 aromatic carbocycles. The van der Waals surface area contributed by atoms with Crippen molar-refractivity contribution in [2.45, 2.75) is 31.7 Å². The van der Waals surface area contributed by atoms with E-state index in [1.807, 2.05) is 0 Å². The molecule has 1 amide bonds. The van der Waals surface area contributed by atoms with Crippen LogP contribution in [0, 0.1) is 11.8 Å². The number of hydrogen-bond acceptors (Lipinski definition) is 2. The molecule has 0 aromatic heterocycles. The Bertz CT molecular complexity index is 193. The molecule has 2 fully saturated rings. The summed E-state index contributed by atoms with van der Waals surface area (Å²) in [6.07, 6.45) is 4.80. The van der Waals surface area contributed by atoms with Crippen molar-refractivity contribution >= 4 is 6.09 Å². The second kappa shape index (κ2) is 2.96. The molecule has 3 heteroatoms. The molecule has 1 N–H and O–H groups in total. The molecule has 2 rings (SSSR count). The van der Waals surface area contributed by atoms with Gasteiger partial charge in [-0.25, -0.2) is 4.79 Å². The fourth-order valence-electron chi connectivity index (χ4n) is 2.30. The van der Waals surface area contributed by atoms with Crippen molar-refractivity contribution in [2.24, 2.45) is 11.8 Å². The average molecular weight is 169 g/mol. The molecule has 12 heavy (non-hydrogen) atoms. The van der Waals surface area contributed by atoms with Crippen LogP contribution in [0.5, 0.6) is 0 Å². The summed E-state index contributed by atoms with van der Waals surface area (Å²) in [6.45, 7) is 0. The Kier molecular flexibility index (Phi) is 1.95. The van der Waals surface area contributed by atoms with Crippen molar-refractivity contribution in [2.75, 3.05) is 7.11 Å². The van der Waals surface area contributed by atoms with Gasteiger partial charge in [0.05, 0.1) is 7.11 Å². The van der Waals surface area contributed by atoms with Gasteiger partial charge in [-0.15, -0.1) is 0 Å². The molecular weight excluding hydrogens is 154 g/mol. The Morgan fingerprint density at radius 1 is 1.50 bits per heavy atom. The number of alkyl carbamates (subject to hydrolysis) is 1. The van der Waals surface area contributed by atoms with Crippen LogP contribution in [0.25, 0.3) is 0 Å². The van der Waals surface area contributed by atoms with Crippen LogP contribution in [0.15, 0.2) is 0 Å².